The second-order valence-electron chi connectivity index (χ2n) is 5.71. The zero-order valence-corrected chi connectivity index (χ0v) is 13.2. The predicted molar refractivity (Wildman–Crippen MR) is 84.2 cm³/mol. The van der Waals surface area contributed by atoms with Gasteiger partial charge in [0.05, 0.1) is 0 Å². The van der Waals surface area contributed by atoms with Crippen LogP contribution in [0.15, 0.2) is 17.5 Å². The Morgan fingerprint density at radius 2 is 2.24 bits per heavy atom. The van der Waals surface area contributed by atoms with Gasteiger partial charge in [-0.2, -0.15) is 0 Å². The molecule has 2 unspecified atom stereocenters. The van der Waals surface area contributed by atoms with Crippen LogP contribution in [0.2, 0.25) is 0 Å². The van der Waals surface area contributed by atoms with Crippen molar-refractivity contribution < 1.29 is 14.7 Å². The molecule has 0 spiro atoms. The molecule has 1 aromatic rings. The summed E-state index contributed by atoms with van der Waals surface area (Å²) in [6.45, 7) is 3.89. The average molecular weight is 307 g/mol. The fourth-order valence-corrected chi connectivity index (χ4v) is 3.69. The van der Waals surface area contributed by atoms with Crippen molar-refractivity contribution >= 4 is 29.3 Å². The summed E-state index contributed by atoms with van der Waals surface area (Å²) in [6, 6.07) is 1.99. The number of thiophene rings is 1. The minimum absolute atomic E-state index is 0.0513. The maximum Gasteiger partial charge on any atom is 0.329 e. The molecule has 0 bridgehead atoms. The maximum absolute atomic E-state index is 12.1. The third-order valence-corrected chi connectivity index (χ3v) is 5.30. The molecule has 2 atom stereocenters. The second kappa shape index (κ2) is 6.43. The molecule has 21 heavy (non-hydrogen) atoms. The molecular weight excluding hydrogens is 286 g/mol. The van der Waals surface area contributed by atoms with E-state index >= 15 is 0 Å². The van der Waals surface area contributed by atoms with Gasteiger partial charge in [-0.1, -0.05) is 19.8 Å². The Bertz CT molecular complexity index is 564. The number of hydrogen-bond acceptors (Lipinski definition) is 3. The SMILES string of the molecule is Cc1ccsc1C=CC(=O)NC1(C(=O)O)CCCCC1C. The highest BCUT2D eigenvalue weighted by Crippen LogP contribution is 2.34. The summed E-state index contributed by atoms with van der Waals surface area (Å²) >= 11 is 1.56. The first kappa shape index (κ1) is 15.8. The fourth-order valence-electron chi connectivity index (χ4n) is 2.87. The molecule has 1 fully saturated rings. The van der Waals surface area contributed by atoms with Crippen molar-refractivity contribution in [3.8, 4) is 0 Å². The Morgan fingerprint density at radius 3 is 2.81 bits per heavy atom. The molecule has 0 aromatic carbocycles. The predicted octanol–water partition coefficient (Wildman–Crippen LogP) is 3.22. The number of amides is 1. The normalized spacial score (nSPS) is 25.9. The summed E-state index contributed by atoms with van der Waals surface area (Å²) in [4.78, 5) is 24.8. The Morgan fingerprint density at radius 1 is 1.48 bits per heavy atom. The standard InChI is InChI=1S/C16H21NO3S/c1-11-8-10-21-13(11)6-7-14(18)17-16(15(19)20)9-4-3-5-12(16)2/h6-8,10,12H,3-5,9H2,1-2H3,(H,17,18)(H,19,20). The van der Waals surface area contributed by atoms with E-state index in [0.717, 1.165) is 29.7 Å². The largest absolute Gasteiger partial charge is 0.479 e. The Kier molecular flexibility index (Phi) is 4.83. The fraction of sp³-hybridized carbons (Fsp3) is 0.500. The van der Waals surface area contributed by atoms with Crippen LogP contribution in [-0.2, 0) is 9.59 Å². The van der Waals surface area contributed by atoms with Crippen LogP contribution in [0.3, 0.4) is 0 Å². The summed E-state index contributed by atoms with van der Waals surface area (Å²) in [5.41, 5.74) is -0.00695. The quantitative estimate of drug-likeness (QED) is 0.839. The second-order valence-corrected chi connectivity index (χ2v) is 6.66. The first-order valence-corrected chi connectivity index (χ1v) is 8.11. The topological polar surface area (TPSA) is 66.4 Å². The molecule has 1 aliphatic rings. The number of carbonyl (C=O) groups is 2. The van der Waals surface area contributed by atoms with E-state index < -0.39 is 11.5 Å². The molecule has 114 valence electrons. The van der Waals surface area contributed by atoms with Crippen LogP contribution in [0.4, 0.5) is 0 Å². The highest BCUT2D eigenvalue weighted by Gasteiger charge is 2.45. The molecule has 1 heterocycles. The summed E-state index contributed by atoms with van der Waals surface area (Å²) < 4.78 is 0. The van der Waals surface area contributed by atoms with E-state index in [-0.39, 0.29) is 11.8 Å². The molecule has 1 saturated carbocycles. The van der Waals surface area contributed by atoms with Gasteiger partial charge in [-0.15, -0.1) is 11.3 Å². The zero-order chi connectivity index (χ0) is 15.5. The van der Waals surface area contributed by atoms with Crippen LogP contribution in [0.1, 0.15) is 43.0 Å². The summed E-state index contributed by atoms with van der Waals surface area (Å²) in [7, 11) is 0. The Balaban J connectivity index is 2.10. The molecule has 1 aromatic heterocycles. The van der Waals surface area contributed by atoms with Crippen LogP contribution in [-0.4, -0.2) is 22.5 Å². The third kappa shape index (κ3) is 3.35. The van der Waals surface area contributed by atoms with Gasteiger partial charge in [0, 0.05) is 11.0 Å². The van der Waals surface area contributed by atoms with Gasteiger partial charge in [0.2, 0.25) is 5.91 Å². The lowest BCUT2D eigenvalue weighted by Gasteiger charge is -2.39. The lowest BCUT2D eigenvalue weighted by atomic mass is 9.73. The molecule has 5 heteroatoms. The summed E-state index contributed by atoms with van der Waals surface area (Å²) in [5, 5.41) is 14.3. The maximum atomic E-state index is 12.1. The van der Waals surface area contributed by atoms with Crippen molar-refractivity contribution in [2.24, 2.45) is 5.92 Å². The van der Waals surface area contributed by atoms with E-state index in [1.807, 2.05) is 25.3 Å². The van der Waals surface area contributed by atoms with E-state index in [0.29, 0.717) is 6.42 Å². The van der Waals surface area contributed by atoms with E-state index in [4.69, 9.17) is 0 Å². The smallest absolute Gasteiger partial charge is 0.329 e. The number of carboxylic acid groups (broad SMARTS) is 1. The molecule has 0 saturated heterocycles. The third-order valence-electron chi connectivity index (χ3n) is 4.32. The molecule has 0 aliphatic heterocycles. The van der Waals surface area contributed by atoms with E-state index in [1.54, 1.807) is 17.4 Å². The van der Waals surface area contributed by atoms with Crippen LogP contribution in [0, 0.1) is 12.8 Å². The van der Waals surface area contributed by atoms with Gasteiger partial charge in [-0.3, -0.25) is 4.79 Å². The van der Waals surface area contributed by atoms with Gasteiger partial charge >= 0.3 is 5.97 Å². The van der Waals surface area contributed by atoms with Crippen molar-refractivity contribution in [1.29, 1.82) is 0 Å². The Labute approximate surface area is 128 Å². The van der Waals surface area contributed by atoms with Crippen molar-refractivity contribution in [3.63, 3.8) is 0 Å². The first-order valence-electron chi connectivity index (χ1n) is 7.23. The van der Waals surface area contributed by atoms with Crippen molar-refractivity contribution in [1.82, 2.24) is 5.32 Å². The van der Waals surface area contributed by atoms with Crippen LogP contribution >= 0.6 is 11.3 Å². The van der Waals surface area contributed by atoms with Gasteiger partial charge in [0.15, 0.2) is 0 Å². The van der Waals surface area contributed by atoms with Gasteiger partial charge in [0.1, 0.15) is 5.54 Å². The first-order chi connectivity index (χ1) is 9.95. The van der Waals surface area contributed by atoms with Crippen molar-refractivity contribution in [3.05, 3.63) is 28.0 Å². The molecule has 1 amide bonds. The lowest BCUT2D eigenvalue weighted by Crippen LogP contribution is -2.59. The number of carbonyl (C=O) groups excluding carboxylic acids is 1. The molecule has 1 aliphatic carbocycles. The van der Waals surface area contributed by atoms with Crippen molar-refractivity contribution in [2.45, 2.75) is 45.1 Å². The number of aryl methyl sites for hydroxylation is 1. The van der Waals surface area contributed by atoms with E-state index in [1.165, 1.54) is 6.08 Å². The molecule has 0 radical (unpaired) electrons. The minimum Gasteiger partial charge on any atom is -0.479 e. The number of aliphatic carboxylic acids is 1. The van der Waals surface area contributed by atoms with Crippen LogP contribution < -0.4 is 5.32 Å². The molecule has 4 nitrogen and oxygen atoms in total. The molecule has 2 N–H and O–H groups in total. The number of rotatable bonds is 4. The lowest BCUT2D eigenvalue weighted by molar-refractivity contribution is -0.151. The van der Waals surface area contributed by atoms with Gasteiger partial charge in [-0.05, 0) is 48.8 Å². The highest BCUT2D eigenvalue weighted by atomic mass is 32.1. The zero-order valence-electron chi connectivity index (χ0n) is 12.4. The van der Waals surface area contributed by atoms with Crippen molar-refractivity contribution in [2.75, 3.05) is 0 Å². The summed E-state index contributed by atoms with van der Waals surface area (Å²) in [6.07, 6.45) is 6.38. The van der Waals surface area contributed by atoms with Gasteiger partial charge in [-0.25, -0.2) is 4.79 Å². The van der Waals surface area contributed by atoms with Gasteiger partial charge < -0.3 is 10.4 Å². The minimum atomic E-state index is -1.12. The molecular formula is C16H21NO3S. The Hall–Kier alpha value is -1.62. The summed E-state index contributed by atoms with van der Waals surface area (Å²) in [5.74, 6) is -1.31. The average Bonchev–Trinajstić information content (AvgIpc) is 2.84. The van der Waals surface area contributed by atoms with Crippen LogP contribution in [0.25, 0.3) is 6.08 Å². The highest BCUT2D eigenvalue weighted by molar-refractivity contribution is 7.11. The van der Waals surface area contributed by atoms with E-state index in [2.05, 4.69) is 5.32 Å². The molecule has 2 rings (SSSR count). The van der Waals surface area contributed by atoms with Crippen LogP contribution in [0.5, 0.6) is 0 Å². The van der Waals surface area contributed by atoms with E-state index in [9.17, 15) is 14.7 Å². The monoisotopic (exact) mass is 307 g/mol. The number of nitrogens with one attached hydrogen (secondary N) is 1. The number of carboxylic acids is 1. The van der Waals surface area contributed by atoms with Gasteiger partial charge in [0.25, 0.3) is 0 Å². The number of hydrogen-bond donors (Lipinski definition) is 2.